The topological polar surface area (TPSA) is 43.8 Å². The van der Waals surface area contributed by atoms with E-state index < -0.39 is 0 Å². The fourth-order valence-corrected chi connectivity index (χ4v) is 2.50. The molecule has 0 amide bonds. The van der Waals surface area contributed by atoms with Crippen molar-refractivity contribution in [1.82, 2.24) is 9.55 Å². The molecule has 0 aliphatic rings. The minimum absolute atomic E-state index is 0.558. The van der Waals surface area contributed by atoms with E-state index in [0.29, 0.717) is 6.54 Å². The third-order valence-electron chi connectivity index (χ3n) is 3.37. The van der Waals surface area contributed by atoms with E-state index >= 15 is 0 Å². The molecule has 0 fully saturated rings. The lowest BCUT2D eigenvalue weighted by Crippen LogP contribution is -2.04. The Bertz CT molecular complexity index is 713. The van der Waals surface area contributed by atoms with Crippen molar-refractivity contribution in [2.45, 2.75) is 20.0 Å². The summed E-state index contributed by atoms with van der Waals surface area (Å²) in [5.41, 5.74) is 10.3. The first-order valence-corrected chi connectivity index (χ1v) is 6.47. The van der Waals surface area contributed by atoms with Crippen LogP contribution in [0.3, 0.4) is 0 Å². The van der Waals surface area contributed by atoms with Crippen molar-refractivity contribution >= 4 is 10.9 Å². The molecule has 0 atom stereocenters. The number of aryl methyl sites for hydroxylation is 1. The van der Waals surface area contributed by atoms with Crippen molar-refractivity contribution in [3.63, 3.8) is 0 Å². The highest BCUT2D eigenvalue weighted by Crippen LogP contribution is 2.21. The molecule has 0 saturated carbocycles. The first kappa shape index (κ1) is 11.9. The van der Waals surface area contributed by atoms with Crippen LogP contribution in [0, 0.1) is 6.92 Å². The van der Waals surface area contributed by atoms with Crippen molar-refractivity contribution in [3.8, 4) is 0 Å². The summed E-state index contributed by atoms with van der Waals surface area (Å²) in [5, 5.41) is 1.23. The van der Waals surface area contributed by atoms with Gasteiger partial charge in [-0.05, 0) is 36.1 Å². The number of benzene rings is 1. The van der Waals surface area contributed by atoms with Crippen LogP contribution in [0.5, 0.6) is 0 Å². The standard InChI is InChI=1S/C16H17N3/c1-12-4-2-7-15(18-12)11-19-9-8-13-5-3-6-14(10-17)16(13)19/h2-9H,10-11,17H2,1H3. The summed E-state index contributed by atoms with van der Waals surface area (Å²) in [6.45, 7) is 3.35. The van der Waals surface area contributed by atoms with Gasteiger partial charge in [0.25, 0.3) is 0 Å². The third-order valence-corrected chi connectivity index (χ3v) is 3.37. The van der Waals surface area contributed by atoms with Crippen molar-refractivity contribution in [1.29, 1.82) is 0 Å². The molecule has 0 spiro atoms. The van der Waals surface area contributed by atoms with Crippen LogP contribution < -0.4 is 5.73 Å². The van der Waals surface area contributed by atoms with E-state index in [0.717, 1.165) is 17.9 Å². The molecule has 0 aliphatic heterocycles. The largest absolute Gasteiger partial charge is 0.341 e. The van der Waals surface area contributed by atoms with Gasteiger partial charge in [-0.2, -0.15) is 0 Å². The van der Waals surface area contributed by atoms with Gasteiger partial charge in [-0.15, -0.1) is 0 Å². The van der Waals surface area contributed by atoms with Crippen LogP contribution in [-0.4, -0.2) is 9.55 Å². The smallest absolute Gasteiger partial charge is 0.0648 e. The third kappa shape index (κ3) is 2.25. The van der Waals surface area contributed by atoms with Crippen LogP contribution in [-0.2, 0) is 13.1 Å². The molecular weight excluding hydrogens is 234 g/mol. The SMILES string of the molecule is Cc1cccc(Cn2ccc3cccc(CN)c32)n1. The molecule has 0 bridgehead atoms. The number of hydrogen-bond donors (Lipinski definition) is 1. The maximum Gasteiger partial charge on any atom is 0.0648 e. The summed E-state index contributed by atoms with van der Waals surface area (Å²) >= 11 is 0. The van der Waals surface area contributed by atoms with Gasteiger partial charge in [0.05, 0.1) is 17.8 Å². The average molecular weight is 251 g/mol. The Hall–Kier alpha value is -2.13. The summed E-state index contributed by atoms with van der Waals surface area (Å²) in [7, 11) is 0. The number of para-hydroxylation sites is 1. The van der Waals surface area contributed by atoms with Gasteiger partial charge in [0.15, 0.2) is 0 Å². The first-order valence-electron chi connectivity index (χ1n) is 6.47. The summed E-state index contributed by atoms with van der Waals surface area (Å²) < 4.78 is 2.22. The monoisotopic (exact) mass is 251 g/mol. The van der Waals surface area contributed by atoms with E-state index in [2.05, 4.69) is 46.1 Å². The molecule has 2 N–H and O–H groups in total. The quantitative estimate of drug-likeness (QED) is 0.778. The normalized spacial score (nSPS) is 11.1. The summed E-state index contributed by atoms with van der Waals surface area (Å²) in [6.07, 6.45) is 2.10. The lowest BCUT2D eigenvalue weighted by Gasteiger charge is -2.09. The van der Waals surface area contributed by atoms with Gasteiger partial charge in [-0.3, -0.25) is 4.98 Å². The molecule has 3 aromatic rings. The van der Waals surface area contributed by atoms with Crippen LogP contribution in [0.1, 0.15) is 17.0 Å². The first-order chi connectivity index (χ1) is 9.28. The number of hydrogen-bond acceptors (Lipinski definition) is 2. The van der Waals surface area contributed by atoms with Gasteiger partial charge in [-0.25, -0.2) is 0 Å². The molecule has 19 heavy (non-hydrogen) atoms. The Morgan fingerprint density at radius 2 is 1.95 bits per heavy atom. The number of nitrogens with zero attached hydrogens (tertiary/aromatic N) is 2. The maximum absolute atomic E-state index is 5.83. The molecule has 0 saturated heterocycles. The van der Waals surface area contributed by atoms with E-state index in [1.54, 1.807) is 0 Å². The highest BCUT2D eigenvalue weighted by Gasteiger charge is 2.06. The highest BCUT2D eigenvalue weighted by atomic mass is 15.0. The molecule has 3 heteroatoms. The second-order valence-electron chi connectivity index (χ2n) is 4.77. The van der Waals surface area contributed by atoms with E-state index in [9.17, 15) is 0 Å². The second-order valence-corrected chi connectivity index (χ2v) is 4.77. The van der Waals surface area contributed by atoms with E-state index in [-0.39, 0.29) is 0 Å². The van der Waals surface area contributed by atoms with Gasteiger partial charge in [0.1, 0.15) is 0 Å². The van der Waals surface area contributed by atoms with E-state index in [4.69, 9.17) is 5.73 Å². The lowest BCUT2D eigenvalue weighted by atomic mass is 10.1. The molecule has 2 heterocycles. The Balaban J connectivity index is 2.06. The van der Waals surface area contributed by atoms with Crippen molar-refractivity contribution < 1.29 is 0 Å². The number of aromatic nitrogens is 2. The maximum atomic E-state index is 5.83. The van der Waals surface area contributed by atoms with Crippen molar-refractivity contribution in [2.75, 3.05) is 0 Å². The predicted octanol–water partition coefficient (Wildman–Crippen LogP) is 2.85. The Labute approximate surface area is 112 Å². The fourth-order valence-electron chi connectivity index (χ4n) is 2.50. The molecule has 1 aromatic carbocycles. The van der Waals surface area contributed by atoms with Crippen molar-refractivity contribution in [2.24, 2.45) is 5.73 Å². The molecular formula is C16H17N3. The van der Waals surface area contributed by atoms with Crippen LogP contribution in [0.4, 0.5) is 0 Å². The summed E-state index contributed by atoms with van der Waals surface area (Å²) in [6, 6.07) is 14.5. The number of pyridine rings is 1. The van der Waals surface area contributed by atoms with E-state index in [1.165, 1.54) is 16.5 Å². The van der Waals surface area contributed by atoms with Crippen molar-refractivity contribution in [3.05, 3.63) is 65.6 Å². The minimum Gasteiger partial charge on any atom is -0.341 e. The number of nitrogens with two attached hydrogens (primary N) is 1. The number of rotatable bonds is 3. The number of fused-ring (bicyclic) bond motifs is 1. The summed E-state index contributed by atoms with van der Waals surface area (Å²) in [4.78, 5) is 4.56. The molecule has 0 radical (unpaired) electrons. The Morgan fingerprint density at radius 1 is 1.11 bits per heavy atom. The molecule has 96 valence electrons. The zero-order chi connectivity index (χ0) is 13.2. The van der Waals surface area contributed by atoms with Gasteiger partial charge in [-0.1, -0.05) is 24.3 Å². The van der Waals surface area contributed by atoms with Gasteiger partial charge in [0, 0.05) is 18.4 Å². The van der Waals surface area contributed by atoms with Gasteiger partial charge < -0.3 is 10.3 Å². The molecule has 3 rings (SSSR count). The molecule has 3 nitrogen and oxygen atoms in total. The van der Waals surface area contributed by atoms with Crippen LogP contribution >= 0.6 is 0 Å². The zero-order valence-electron chi connectivity index (χ0n) is 11.0. The van der Waals surface area contributed by atoms with Crippen LogP contribution in [0.25, 0.3) is 10.9 Å². The molecule has 2 aromatic heterocycles. The molecule has 0 unspecified atom stereocenters. The molecule has 0 aliphatic carbocycles. The lowest BCUT2D eigenvalue weighted by molar-refractivity contribution is 0.798. The minimum atomic E-state index is 0.558. The summed E-state index contributed by atoms with van der Waals surface area (Å²) in [5.74, 6) is 0. The highest BCUT2D eigenvalue weighted by molar-refractivity contribution is 5.83. The Kier molecular flexibility index (Phi) is 3.05. The average Bonchev–Trinajstić information content (AvgIpc) is 2.82. The zero-order valence-corrected chi connectivity index (χ0v) is 11.0. The van der Waals surface area contributed by atoms with Gasteiger partial charge >= 0.3 is 0 Å². The van der Waals surface area contributed by atoms with Crippen LogP contribution in [0.15, 0.2) is 48.7 Å². The van der Waals surface area contributed by atoms with Gasteiger partial charge in [0.2, 0.25) is 0 Å². The predicted molar refractivity (Wildman–Crippen MR) is 77.9 cm³/mol. The van der Waals surface area contributed by atoms with Crippen LogP contribution in [0.2, 0.25) is 0 Å². The fraction of sp³-hybridized carbons (Fsp3) is 0.188. The second kappa shape index (κ2) is 4.86. The van der Waals surface area contributed by atoms with E-state index in [1.807, 2.05) is 19.1 Å². The Morgan fingerprint density at radius 3 is 2.74 bits per heavy atom.